The number of aryl methyl sites for hydroxylation is 1. The standard InChI is InChI=1S/C10H12N2/c1-2-3-8-4-5-12-10-7-11-6-9(8)10/h4-7,12H,2-3H2,1H3. The van der Waals surface area contributed by atoms with Gasteiger partial charge in [-0.25, -0.2) is 0 Å². The molecule has 0 spiro atoms. The molecule has 12 heavy (non-hydrogen) atoms. The van der Waals surface area contributed by atoms with E-state index in [9.17, 15) is 0 Å². The zero-order valence-electron chi connectivity index (χ0n) is 7.17. The number of nitrogens with one attached hydrogen (secondary N) is 1. The summed E-state index contributed by atoms with van der Waals surface area (Å²) in [5, 5.41) is 0. The van der Waals surface area contributed by atoms with E-state index in [1.807, 2.05) is 18.6 Å². The molecule has 0 aromatic heterocycles. The van der Waals surface area contributed by atoms with Crippen molar-refractivity contribution in [2.75, 3.05) is 0 Å². The number of hydrogen-bond donors (Lipinski definition) is 1. The number of fused-ring (bicyclic) bond motifs is 1. The van der Waals surface area contributed by atoms with Gasteiger partial charge in [-0.2, -0.15) is 0 Å². The third-order valence-electron chi connectivity index (χ3n) is 2.09. The summed E-state index contributed by atoms with van der Waals surface area (Å²) in [7, 11) is 0. The van der Waals surface area contributed by atoms with Crippen molar-refractivity contribution in [3.05, 3.63) is 30.2 Å². The molecular weight excluding hydrogens is 148 g/mol. The minimum Gasteiger partial charge on any atom is -0.360 e. The number of aromatic nitrogens is 2. The van der Waals surface area contributed by atoms with Gasteiger partial charge in [0.25, 0.3) is 0 Å². The van der Waals surface area contributed by atoms with Crippen LogP contribution in [0.5, 0.6) is 0 Å². The van der Waals surface area contributed by atoms with Crippen LogP contribution in [0.4, 0.5) is 0 Å². The van der Waals surface area contributed by atoms with Crippen LogP contribution in [0.2, 0.25) is 0 Å². The number of hydrogen-bond acceptors (Lipinski definition) is 1. The van der Waals surface area contributed by atoms with Crippen molar-refractivity contribution in [2.45, 2.75) is 19.8 Å². The van der Waals surface area contributed by atoms with Gasteiger partial charge in [0, 0.05) is 18.0 Å². The fourth-order valence-corrected chi connectivity index (χ4v) is 1.51. The quantitative estimate of drug-likeness (QED) is 0.718. The molecule has 0 saturated heterocycles. The van der Waals surface area contributed by atoms with Gasteiger partial charge in [-0.05, 0) is 18.1 Å². The second-order valence-corrected chi connectivity index (χ2v) is 2.99. The van der Waals surface area contributed by atoms with E-state index in [1.165, 1.54) is 17.5 Å². The first kappa shape index (κ1) is 7.35. The third-order valence-corrected chi connectivity index (χ3v) is 2.09. The Balaban J connectivity index is 2.48. The molecule has 0 aliphatic carbocycles. The Bertz CT molecular complexity index is 338. The van der Waals surface area contributed by atoms with Crippen molar-refractivity contribution in [3.8, 4) is 11.3 Å². The van der Waals surface area contributed by atoms with E-state index >= 15 is 0 Å². The van der Waals surface area contributed by atoms with E-state index in [-0.39, 0.29) is 0 Å². The van der Waals surface area contributed by atoms with Gasteiger partial charge >= 0.3 is 0 Å². The van der Waals surface area contributed by atoms with E-state index < -0.39 is 0 Å². The molecular formula is C10H12N2. The Kier molecular flexibility index (Phi) is 1.82. The molecule has 2 aliphatic rings. The largest absolute Gasteiger partial charge is 0.360 e. The molecule has 0 aromatic rings. The van der Waals surface area contributed by atoms with Crippen LogP contribution in [-0.2, 0) is 6.42 Å². The number of H-pyrrole nitrogens is 1. The van der Waals surface area contributed by atoms with Crippen LogP contribution in [0, 0.1) is 0 Å². The van der Waals surface area contributed by atoms with Crippen molar-refractivity contribution in [1.82, 2.24) is 9.97 Å². The molecule has 0 bridgehead atoms. The lowest BCUT2D eigenvalue weighted by Gasteiger charge is -2.04. The molecule has 2 heterocycles. The molecule has 0 saturated carbocycles. The van der Waals surface area contributed by atoms with E-state index in [0.717, 1.165) is 12.1 Å². The highest BCUT2D eigenvalue weighted by Crippen LogP contribution is 2.23. The Labute approximate surface area is 72.0 Å². The zero-order valence-corrected chi connectivity index (χ0v) is 7.17. The van der Waals surface area contributed by atoms with Crippen LogP contribution >= 0.6 is 0 Å². The number of pyridine rings is 1. The molecule has 0 radical (unpaired) electrons. The van der Waals surface area contributed by atoms with Gasteiger partial charge in [-0.3, -0.25) is 4.98 Å². The van der Waals surface area contributed by atoms with Crippen molar-refractivity contribution >= 4 is 0 Å². The molecule has 2 nitrogen and oxygen atoms in total. The number of aromatic amines is 1. The highest BCUT2D eigenvalue weighted by atomic mass is 14.8. The first-order valence-electron chi connectivity index (χ1n) is 4.32. The first-order chi connectivity index (χ1) is 5.92. The summed E-state index contributed by atoms with van der Waals surface area (Å²) in [6.45, 7) is 2.19. The molecule has 0 atom stereocenters. The van der Waals surface area contributed by atoms with Crippen molar-refractivity contribution in [2.24, 2.45) is 0 Å². The first-order valence-corrected chi connectivity index (χ1v) is 4.32. The van der Waals surface area contributed by atoms with Crippen LogP contribution < -0.4 is 0 Å². The third kappa shape index (κ3) is 1.09. The van der Waals surface area contributed by atoms with Crippen molar-refractivity contribution in [1.29, 1.82) is 0 Å². The predicted octanol–water partition coefficient (Wildman–Crippen LogP) is 2.47. The van der Waals surface area contributed by atoms with Crippen LogP contribution in [0.25, 0.3) is 11.3 Å². The Morgan fingerprint density at radius 1 is 1.42 bits per heavy atom. The zero-order chi connectivity index (χ0) is 8.39. The lowest BCUT2D eigenvalue weighted by atomic mass is 10.0. The van der Waals surface area contributed by atoms with Gasteiger partial charge in [-0.1, -0.05) is 13.3 Å². The lowest BCUT2D eigenvalue weighted by Crippen LogP contribution is -1.89. The van der Waals surface area contributed by atoms with Gasteiger partial charge < -0.3 is 4.98 Å². The van der Waals surface area contributed by atoms with E-state index in [2.05, 4.69) is 23.0 Å². The molecule has 0 fully saturated rings. The van der Waals surface area contributed by atoms with Gasteiger partial charge in [-0.15, -0.1) is 0 Å². The maximum absolute atomic E-state index is 4.11. The lowest BCUT2D eigenvalue weighted by molar-refractivity contribution is 0.920. The molecule has 2 heteroatoms. The maximum Gasteiger partial charge on any atom is 0.0657 e. The van der Waals surface area contributed by atoms with E-state index in [0.29, 0.717) is 0 Å². The topological polar surface area (TPSA) is 28.7 Å². The summed E-state index contributed by atoms with van der Waals surface area (Å²) < 4.78 is 0. The van der Waals surface area contributed by atoms with Crippen molar-refractivity contribution in [3.63, 3.8) is 0 Å². The summed E-state index contributed by atoms with van der Waals surface area (Å²) in [6.07, 6.45) is 8.10. The summed E-state index contributed by atoms with van der Waals surface area (Å²) in [6, 6.07) is 2.13. The maximum atomic E-state index is 4.11. The van der Waals surface area contributed by atoms with Crippen LogP contribution in [0.3, 0.4) is 0 Å². The van der Waals surface area contributed by atoms with Crippen LogP contribution in [0.1, 0.15) is 18.9 Å². The molecule has 0 amide bonds. The van der Waals surface area contributed by atoms with Gasteiger partial charge in [0.2, 0.25) is 0 Å². The summed E-state index contributed by atoms with van der Waals surface area (Å²) in [5.41, 5.74) is 3.80. The normalized spacial score (nSPS) is 10.8. The van der Waals surface area contributed by atoms with Gasteiger partial charge in [0.05, 0.1) is 11.9 Å². The summed E-state index contributed by atoms with van der Waals surface area (Å²) in [5.74, 6) is 0. The van der Waals surface area contributed by atoms with Gasteiger partial charge in [0.1, 0.15) is 0 Å². The highest BCUT2D eigenvalue weighted by Gasteiger charge is 2.06. The van der Waals surface area contributed by atoms with E-state index in [1.54, 1.807) is 0 Å². The van der Waals surface area contributed by atoms with Crippen LogP contribution in [-0.4, -0.2) is 9.97 Å². The van der Waals surface area contributed by atoms with Gasteiger partial charge in [0.15, 0.2) is 0 Å². The molecule has 62 valence electrons. The fraction of sp³-hybridized carbons (Fsp3) is 0.300. The average molecular weight is 160 g/mol. The number of nitrogens with zero attached hydrogens (tertiary/aromatic N) is 1. The second kappa shape index (κ2) is 2.97. The summed E-state index contributed by atoms with van der Waals surface area (Å²) in [4.78, 5) is 7.28. The van der Waals surface area contributed by atoms with E-state index in [4.69, 9.17) is 0 Å². The monoisotopic (exact) mass is 160 g/mol. The Hall–Kier alpha value is -1.31. The average Bonchev–Trinajstić information content (AvgIpc) is 2.53. The highest BCUT2D eigenvalue weighted by molar-refractivity contribution is 5.63. The minimum absolute atomic E-state index is 1.14. The Morgan fingerprint density at radius 3 is 3.17 bits per heavy atom. The van der Waals surface area contributed by atoms with Crippen LogP contribution in [0.15, 0.2) is 24.7 Å². The SMILES string of the molecule is CCCc1cc[nH]c2cncc1-2. The second-order valence-electron chi connectivity index (χ2n) is 2.99. The molecule has 0 aromatic carbocycles. The molecule has 0 unspecified atom stereocenters. The van der Waals surface area contributed by atoms with Crippen molar-refractivity contribution < 1.29 is 0 Å². The minimum atomic E-state index is 1.14. The Morgan fingerprint density at radius 2 is 2.33 bits per heavy atom. The smallest absolute Gasteiger partial charge is 0.0657 e. The molecule has 1 N–H and O–H groups in total. The number of rotatable bonds is 2. The predicted molar refractivity (Wildman–Crippen MR) is 49.2 cm³/mol. The summed E-state index contributed by atoms with van der Waals surface area (Å²) >= 11 is 0. The molecule has 2 aliphatic heterocycles. The molecule has 2 rings (SSSR count). The fourth-order valence-electron chi connectivity index (χ4n) is 1.51.